The predicted octanol–water partition coefficient (Wildman–Crippen LogP) is 1.08. The molecule has 0 saturated heterocycles. The van der Waals surface area contributed by atoms with Crippen LogP contribution in [0.1, 0.15) is 11.1 Å². The molecule has 0 spiro atoms. The Hall–Kier alpha value is -2.04. The molecule has 2 rings (SSSR count). The first-order valence-corrected chi connectivity index (χ1v) is 4.63. The van der Waals surface area contributed by atoms with Crippen molar-refractivity contribution in [3.8, 4) is 0 Å². The van der Waals surface area contributed by atoms with Crippen molar-refractivity contribution in [1.29, 1.82) is 0 Å². The quantitative estimate of drug-likeness (QED) is 0.478. The van der Waals surface area contributed by atoms with Crippen LogP contribution in [0.3, 0.4) is 0 Å². The number of hydrogen-bond donors (Lipinski definition) is 3. The minimum absolute atomic E-state index is 0.00318. The van der Waals surface area contributed by atoms with Crippen molar-refractivity contribution >= 4 is 22.9 Å². The summed E-state index contributed by atoms with van der Waals surface area (Å²) in [5.74, 6) is 0.446. The van der Waals surface area contributed by atoms with Crippen LogP contribution in [0, 0.1) is 13.8 Å². The number of guanidine groups is 1. The van der Waals surface area contributed by atoms with Gasteiger partial charge in [0.05, 0.1) is 11.0 Å². The Kier molecular flexibility index (Phi) is 2.07. The molecule has 78 valence electrons. The lowest BCUT2D eigenvalue weighted by Crippen LogP contribution is -2.22. The van der Waals surface area contributed by atoms with E-state index in [1.807, 2.05) is 19.9 Å². The summed E-state index contributed by atoms with van der Waals surface area (Å²) in [5, 5.41) is 0. The summed E-state index contributed by atoms with van der Waals surface area (Å²) < 4.78 is 0. The molecule has 0 aliphatic heterocycles. The van der Waals surface area contributed by atoms with Gasteiger partial charge in [0.1, 0.15) is 0 Å². The summed E-state index contributed by atoms with van der Waals surface area (Å²) in [7, 11) is 0. The standard InChI is InChI=1S/C10H13N5/c1-5-3-6(2)8-7(4-5)13-10(14-8)15-9(11)12/h3-4H,1-2H3,(H5,11,12,13,14,15). The van der Waals surface area contributed by atoms with Gasteiger partial charge in [-0.2, -0.15) is 4.99 Å². The number of nitrogens with zero attached hydrogens (tertiary/aromatic N) is 2. The lowest BCUT2D eigenvalue weighted by Gasteiger charge is -1.95. The topological polar surface area (TPSA) is 93.1 Å². The molecule has 0 unspecified atom stereocenters. The Labute approximate surface area is 87.2 Å². The Balaban J connectivity index is 2.65. The minimum Gasteiger partial charge on any atom is -0.370 e. The number of H-pyrrole nitrogens is 1. The van der Waals surface area contributed by atoms with Crippen molar-refractivity contribution in [3.63, 3.8) is 0 Å². The van der Waals surface area contributed by atoms with E-state index in [1.165, 1.54) is 5.56 Å². The van der Waals surface area contributed by atoms with E-state index in [0.717, 1.165) is 16.6 Å². The first-order chi connectivity index (χ1) is 7.06. The monoisotopic (exact) mass is 203 g/mol. The Bertz CT molecular complexity index is 534. The lowest BCUT2D eigenvalue weighted by molar-refractivity contribution is 1.24. The number of imidazole rings is 1. The zero-order valence-electron chi connectivity index (χ0n) is 8.70. The number of hydrogen-bond acceptors (Lipinski definition) is 2. The van der Waals surface area contributed by atoms with Crippen molar-refractivity contribution in [2.45, 2.75) is 13.8 Å². The third-order valence-electron chi connectivity index (χ3n) is 2.14. The van der Waals surface area contributed by atoms with E-state index in [9.17, 15) is 0 Å². The zero-order chi connectivity index (χ0) is 11.0. The molecule has 5 N–H and O–H groups in total. The normalized spacial score (nSPS) is 10.5. The zero-order valence-corrected chi connectivity index (χ0v) is 8.70. The van der Waals surface area contributed by atoms with Crippen LogP contribution in [0.2, 0.25) is 0 Å². The van der Waals surface area contributed by atoms with Gasteiger partial charge in [-0.3, -0.25) is 0 Å². The van der Waals surface area contributed by atoms with Crippen molar-refractivity contribution in [3.05, 3.63) is 23.3 Å². The van der Waals surface area contributed by atoms with E-state index in [2.05, 4.69) is 21.0 Å². The van der Waals surface area contributed by atoms with E-state index in [-0.39, 0.29) is 5.96 Å². The summed E-state index contributed by atoms with van der Waals surface area (Å²) >= 11 is 0. The van der Waals surface area contributed by atoms with Crippen LogP contribution < -0.4 is 11.5 Å². The number of fused-ring (bicyclic) bond motifs is 1. The molecule has 15 heavy (non-hydrogen) atoms. The van der Waals surface area contributed by atoms with Crippen molar-refractivity contribution in [2.24, 2.45) is 16.5 Å². The van der Waals surface area contributed by atoms with Crippen molar-refractivity contribution < 1.29 is 0 Å². The highest BCUT2D eigenvalue weighted by molar-refractivity contribution is 5.83. The van der Waals surface area contributed by atoms with Crippen LogP contribution in [0.4, 0.5) is 5.95 Å². The molecule has 1 aromatic carbocycles. The van der Waals surface area contributed by atoms with Crippen LogP contribution in [0.5, 0.6) is 0 Å². The smallest absolute Gasteiger partial charge is 0.231 e. The molecule has 0 radical (unpaired) electrons. The van der Waals surface area contributed by atoms with Gasteiger partial charge >= 0.3 is 0 Å². The van der Waals surface area contributed by atoms with E-state index < -0.39 is 0 Å². The maximum absolute atomic E-state index is 5.28. The van der Waals surface area contributed by atoms with Gasteiger partial charge in [0.2, 0.25) is 5.95 Å². The summed E-state index contributed by atoms with van der Waals surface area (Å²) in [4.78, 5) is 11.2. The number of benzene rings is 1. The highest BCUT2D eigenvalue weighted by Crippen LogP contribution is 2.21. The summed E-state index contributed by atoms with van der Waals surface area (Å²) in [6.45, 7) is 4.04. The second-order valence-electron chi connectivity index (χ2n) is 3.58. The Morgan fingerprint density at radius 3 is 2.73 bits per heavy atom. The molecule has 0 saturated carbocycles. The number of aliphatic imine (C=N–C) groups is 1. The average Bonchev–Trinajstić information content (AvgIpc) is 2.45. The fourth-order valence-corrected chi connectivity index (χ4v) is 1.63. The van der Waals surface area contributed by atoms with Crippen molar-refractivity contribution in [2.75, 3.05) is 0 Å². The SMILES string of the molecule is Cc1cc(C)c2nc(N=C(N)N)[nH]c2c1. The van der Waals surface area contributed by atoms with Gasteiger partial charge in [0, 0.05) is 0 Å². The molecule has 0 atom stereocenters. The molecule has 5 nitrogen and oxygen atoms in total. The highest BCUT2D eigenvalue weighted by atomic mass is 15.1. The molecule has 0 bridgehead atoms. The number of aromatic nitrogens is 2. The first kappa shape index (κ1) is 9.51. The minimum atomic E-state index is 0.00318. The largest absolute Gasteiger partial charge is 0.370 e. The maximum Gasteiger partial charge on any atom is 0.231 e. The van der Waals surface area contributed by atoms with Crippen LogP contribution >= 0.6 is 0 Å². The van der Waals surface area contributed by atoms with Crippen LogP contribution in [0.25, 0.3) is 11.0 Å². The third kappa shape index (κ3) is 1.76. The van der Waals surface area contributed by atoms with E-state index in [0.29, 0.717) is 5.95 Å². The van der Waals surface area contributed by atoms with Gasteiger partial charge in [-0.1, -0.05) is 6.07 Å². The molecule has 1 aromatic heterocycles. The number of nitrogens with one attached hydrogen (secondary N) is 1. The molecule has 0 aliphatic rings. The Morgan fingerprint density at radius 1 is 1.33 bits per heavy atom. The molecule has 0 aliphatic carbocycles. The number of aromatic amines is 1. The van der Waals surface area contributed by atoms with Gasteiger partial charge < -0.3 is 16.5 Å². The summed E-state index contributed by atoms with van der Waals surface area (Å²) in [6.07, 6.45) is 0. The number of rotatable bonds is 1. The van der Waals surface area contributed by atoms with Crippen LogP contribution in [-0.2, 0) is 0 Å². The molecular weight excluding hydrogens is 190 g/mol. The van der Waals surface area contributed by atoms with Gasteiger partial charge in [0.15, 0.2) is 5.96 Å². The van der Waals surface area contributed by atoms with Crippen LogP contribution in [-0.4, -0.2) is 15.9 Å². The lowest BCUT2D eigenvalue weighted by atomic mass is 10.1. The molecule has 5 heteroatoms. The number of nitrogens with two attached hydrogens (primary N) is 2. The van der Waals surface area contributed by atoms with Gasteiger partial charge in [-0.25, -0.2) is 4.98 Å². The highest BCUT2D eigenvalue weighted by Gasteiger charge is 2.05. The average molecular weight is 203 g/mol. The molecule has 2 aromatic rings. The second-order valence-corrected chi connectivity index (χ2v) is 3.58. The van der Waals surface area contributed by atoms with E-state index >= 15 is 0 Å². The molecule has 0 amide bonds. The van der Waals surface area contributed by atoms with Gasteiger partial charge in [-0.05, 0) is 31.0 Å². The van der Waals surface area contributed by atoms with Crippen molar-refractivity contribution in [1.82, 2.24) is 9.97 Å². The van der Waals surface area contributed by atoms with Gasteiger partial charge in [-0.15, -0.1) is 0 Å². The molecular formula is C10H13N5. The third-order valence-corrected chi connectivity index (χ3v) is 2.14. The van der Waals surface area contributed by atoms with E-state index in [1.54, 1.807) is 0 Å². The fraction of sp³-hybridized carbons (Fsp3) is 0.200. The van der Waals surface area contributed by atoms with Crippen LogP contribution in [0.15, 0.2) is 17.1 Å². The fourth-order valence-electron chi connectivity index (χ4n) is 1.63. The van der Waals surface area contributed by atoms with E-state index in [4.69, 9.17) is 11.5 Å². The predicted molar refractivity (Wildman–Crippen MR) is 61.0 cm³/mol. The summed E-state index contributed by atoms with van der Waals surface area (Å²) in [5.41, 5.74) is 14.7. The van der Waals surface area contributed by atoms with Gasteiger partial charge in [0.25, 0.3) is 0 Å². The first-order valence-electron chi connectivity index (χ1n) is 4.63. The Morgan fingerprint density at radius 2 is 2.07 bits per heavy atom. The summed E-state index contributed by atoms with van der Waals surface area (Å²) in [6, 6.07) is 4.09. The molecule has 0 fully saturated rings. The number of aryl methyl sites for hydroxylation is 2. The molecule has 1 heterocycles. The second kappa shape index (κ2) is 3.27. The maximum atomic E-state index is 5.28.